The maximum Gasteiger partial charge on any atom is 0.262 e. The monoisotopic (exact) mass is 343 g/mol. The quantitative estimate of drug-likeness (QED) is 0.640. The molecule has 8 heteroatoms. The number of hydrogen-bond donors (Lipinski definition) is 3. The summed E-state index contributed by atoms with van der Waals surface area (Å²) in [5.74, 6) is -0.303. The maximum absolute atomic E-state index is 12.5. The lowest BCUT2D eigenvalue weighted by atomic mass is 10.1. The Morgan fingerprint density at radius 1 is 1.33 bits per heavy atom. The Labute approximate surface area is 142 Å². The minimum Gasteiger partial charge on any atom is -0.340 e. The van der Waals surface area contributed by atoms with Crippen LogP contribution in [-0.4, -0.2) is 33.0 Å². The second kappa shape index (κ2) is 7.22. The van der Waals surface area contributed by atoms with Gasteiger partial charge < -0.3 is 5.32 Å². The molecular weight excluding hydrogens is 326 g/mol. The summed E-state index contributed by atoms with van der Waals surface area (Å²) in [4.78, 5) is 29.3. The van der Waals surface area contributed by atoms with Gasteiger partial charge in [-0.25, -0.2) is 5.10 Å². The first-order valence-electron chi connectivity index (χ1n) is 7.63. The van der Waals surface area contributed by atoms with Crippen LogP contribution < -0.4 is 10.6 Å². The normalized spacial score (nSPS) is 12.0. The van der Waals surface area contributed by atoms with Crippen molar-refractivity contribution in [2.24, 2.45) is 0 Å². The van der Waals surface area contributed by atoms with E-state index in [1.165, 1.54) is 17.7 Å². The number of aromatic nitrogens is 3. The molecule has 7 nitrogen and oxygen atoms in total. The van der Waals surface area contributed by atoms with Gasteiger partial charge in [0.1, 0.15) is 12.4 Å². The molecule has 1 aromatic carbocycles. The van der Waals surface area contributed by atoms with Crippen LogP contribution in [0, 0.1) is 0 Å². The highest BCUT2D eigenvalue weighted by Gasteiger charge is 2.22. The lowest BCUT2D eigenvalue weighted by molar-refractivity contribution is -0.118. The third-order valence-electron chi connectivity index (χ3n) is 3.51. The molecule has 3 rings (SSSR count). The molecule has 0 aliphatic heterocycles. The van der Waals surface area contributed by atoms with E-state index in [1.807, 2.05) is 37.3 Å². The molecule has 0 unspecified atom stereocenters. The number of carbonyl (C=O) groups excluding carboxylic acids is 2. The fraction of sp³-hybridized carbons (Fsp3) is 0.250. The summed E-state index contributed by atoms with van der Waals surface area (Å²) in [6.07, 6.45) is 2.61. The van der Waals surface area contributed by atoms with Crippen molar-refractivity contribution in [1.82, 2.24) is 20.5 Å². The van der Waals surface area contributed by atoms with Gasteiger partial charge in [0.2, 0.25) is 11.9 Å². The molecule has 3 N–H and O–H groups in total. The number of carbonyl (C=O) groups is 2. The Kier molecular flexibility index (Phi) is 4.85. The fourth-order valence-corrected chi connectivity index (χ4v) is 3.32. The van der Waals surface area contributed by atoms with Gasteiger partial charge in [-0.05, 0) is 23.9 Å². The van der Waals surface area contributed by atoms with E-state index in [4.69, 9.17) is 0 Å². The molecule has 1 atom stereocenters. The van der Waals surface area contributed by atoms with Crippen LogP contribution in [0.4, 0.5) is 5.95 Å². The van der Waals surface area contributed by atoms with Gasteiger partial charge in [-0.1, -0.05) is 31.5 Å². The number of hydrogen-bond acceptors (Lipinski definition) is 5. The lowest BCUT2D eigenvalue weighted by Crippen LogP contribution is -2.43. The zero-order valence-corrected chi connectivity index (χ0v) is 13.9. The van der Waals surface area contributed by atoms with Gasteiger partial charge in [0.15, 0.2) is 0 Å². The van der Waals surface area contributed by atoms with E-state index >= 15 is 0 Å². The molecule has 0 aliphatic rings. The lowest BCUT2D eigenvalue weighted by Gasteiger charge is -2.16. The molecule has 24 heavy (non-hydrogen) atoms. The molecule has 0 aliphatic carbocycles. The van der Waals surface area contributed by atoms with Crippen LogP contribution in [-0.2, 0) is 4.79 Å². The van der Waals surface area contributed by atoms with Crippen LogP contribution in [0.3, 0.4) is 0 Å². The summed E-state index contributed by atoms with van der Waals surface area (Å²) in [5.41, 5.74) is 0. The first-order valence-corrected chi connectivity index (χ1v) is 8.44. The van der Waals surface area contributed by atoms with Crippen molar-refractivity contribution >= 4 is 39.2 Å². The Bertz CT molecular complexity index is 810. The van der Waals surface area contributed by atoms with Gasteiger partial charge in [0.05, 0.1) is 4.88 Å². The Hall–Kier alpha value is -2.74. The van der Waals surface area contributed by atoms with Gasteiger partial charge in [0.25, 0.3) is 5.91 Å². The number of fused-ring (bicyclic) bond motifs is 1. The highest BCUT2D eigenvalue weighted by Crippen LogP contribution is 2.25. The third kappa shape index (κ3) is 3.60. The van der Waals surface area contributed by atoms with Crippen molar-refractivity contribution in [3.63, 3.8) is 0 Å². The number of nitrogens with zero attached hydrogens (tertiary/aromatic N) is 2. The predicted octanol–water partition coefficient (Wildman–Crippen LogP) is 2.56. The Morgan fingerprint density at radius 3 is 2.88 bits per heavy atom. The first kappa shape index (κ1) is 16.1. The number of benzene rings is 1. The number of anilines is 1. The van der Waals surface area contributed by atoms with Crippen LogP contribution >= 0.6 is 11.3 Å². The van der Waals surface area contributed by atoms with Crippen LogP contribution in [0.15, 0.2) is 36.7 Å². The SMILES string of the molecule is CCC[C@H](NC(=O)c1cc2ccccc2s1)C(=O)Nc1ncn[nH]1. The molecule has 2 aromatic heterocycles. The van der Waals surface area contributed by atoms with Crippen LogP contribution in [0.25, 0.3) is 10.1 Å². The Morgan fingerprint density at radius 2 is 2.17 bits per heavy atom. The van der Waals surface area contributed by atoms with Crippen LogP contribution in [0.1, 0.15) is 29.4 Å². The van der Waals surface area contributed by atoms with Crippen LogP contribution in [0.2, 0.25) is 0 Å². The number of amides is 2. The summed E-state index contributed by atoms with van der Waals surface area (Å²) in [6.45, 7) is 1.96. The molecular formula is C16H17N5O2S. The van der Waals surface area contributed by atoms with E-state index in [1.54, 1.807) is 0 Å². The highest BCUT2D eigenvalue weighted by atomic mass is 32.1. The molecule has 124 valence electrons. The average molecular weight is 343 g/mol. The molecule has 0 fully saturated rings. The van der Waals surface area contributed by atoms with Gasteiger partial charge >= 0.3 is 0 Å². The largest absolute Gasteiger partial charge is 0.340 e. The van der Waals surface area contributed by atoms with Crippen molar-refractivity contribution in [2.75, 3.05) is 5.32 Å². The predicted molar refractivity (Wildman–Crippen MR) is 93.0 cm³/mol. The molecule has 0 saturated carbocycles. The summed E-state index contributed by atoms with van der Waals surface area (Å²) in [6, 6.07) is 9.01. The van der Waals surface area contributed by atoms with Crippen LogP contribution in [0.5, 0.6) is 0 Å². The van der Waals surface area contributed by atoms with E-state index < -0.39 is 6.04 Å². The van der Waals surface area contributed by atoms with Crippen molar-refractivity contribution in [3.8, 4) is 0 Å². The second-order valence-electron chi connectivity index (χ2n) is 5.29. The van der Waals surface area contributed by atoms with E-state index in [9.17, 15) is 9.59 Å². The van der Waals surface area contributed by atoms with Gasteiger partial charge in [-0.2, -0.15) is 10.1 Å². The zero-order chi connectivity index (χ0) is 16.9. The number of nitrogens with one attached hydrogen (secondary N) is 3. The topological polar surface area (TPSA) is 99.8 Å². The summed E-state index contributed by atoms with van der Waals surface area (Å²) < 4.78 is 1.04. The van der Waals surface area contributed by atoms with Crippen molar-refractivity contribution < 1.29 is 9.59 Å². The van der Waals surface area contributed by atoms with E-state index in [0.717, 1.165) is 16.5 Å². The Balaban J connectivity index is 1.72. The molecule has 0 saturated heterocycles. The first-order chi connectivity index (χ1) is 11.7. The summed E-state index contributed by atoms with van der Waals surface area (Å²) in [7, 11) is 0. The summed E-state index contributed by atoms with van der Waals surface area (Å²) >= 11 is 1.41. The standard InChI is InChI=1S/C16H17N5O2S/c1-2-5-11(14(22)20-16-17-9-18-21-16)19-15(23)13-8-10-6-3-4-7-12(10)24-13/h3-4,6-9,11H,2,5H2,1H3,(H,19,23)(H2,17,18,20,21,22)/t11-/m0/s1. The average Bonchev–Trinajstić information content (AvgIpc) is 3.23. The molecule has 0 bridgehead atoms. The number of H-pyrrole nitrogens is 1. The number of thiophene rings is 1. The van der Waals surface area contributed by atoms with E-state index in [-0.39, 0.29) is 17.8 Å². The van der Waals surface area contributed by atoms with Crippen molar-refractivity contribution in [3.05, 3.63) is 41.5 Å². The molecule has 2 heterocycles. The fourth-order valence-electron chi connectivity index (χ4n) is 2.35. The number of aromatic amines is 1. The van der Waals surface area contributed by atoms with Crippen molar-refractivity contribution in [2.45, 2.75) is 25.8 Å². The van der Waals surface area contributed by atoms with E-state index in [0.29, 0.717) is 11.3 Å². The number of rotatable bonds is 6. The molecule has 0 spiro atoms. The zero-order valence-electron chi connectivity index (χ0n) is 13.1. The highest BCUT2D eigenvalue weighted by molar-refractivity contribution is 7.20. The van der Waals surface area contributed by atoms with E-state index in [2.05, 4.69) is 25.8 Å². The summed E-state index contributed by atoms with van der Waals surface area (Å²) in [5, 5.41) is 12.7. The van der Waals surface area contributed by atoms with Gasteiger partial charge in [-0.3, -0.25) is 14.9 Å². The van der Waals surface area contributed by atoms with Gasteiger partial charge in [0, 0.05) is 4.70 Å². The third-order valence-corrected chi connectivity index (χ3v) is 4.62. The minimum atomic E-state index is -0.627. The maximum atomic E-state index is 12.5. The molecule has 0 radical (unpaired) electrons. The molecule has 2 amide bonds. The van der Waals surface area contributed by atoms with Crippen molar-refractivity contribution in [1.29, 1.82) is 0 Å². The molecule has 3 aromatic rings. The van der Waals surface area contributed by atoms with Gasteiger partial charge in [-0.15, -0.1) is 11.3 Å². The second-order valence-corrected chi connectivity index (χ2v) is 6.37. The minimum absolute atomic E-state index is 0.248. The smallest absolute Gasteiger partial charge is 0.262 e.